The Hall–Kier alpha value is -3.53. The summed E-state index contributed by atoms with van der Waals surface area (Å²) in [5.41, 5.74) is 1.37. The first-order valence-corrected chi connectivity index (χ1v) is 6.58. The van der Waals surface area contributed by atoms with E-state index >= 15 is 0 Å². The van der Waals surface area contributed by atoms with Crippen molar-refractivity contribution >= 4 is 28.0 Å². The number of nitro groups is 1. The van der Waals surface area contributed by atoms with Crippen molar-refractivity contribution in [1.29, 1.82) is 5.26 Å². The lowest BCUT2D eigenvalue weighted by Crippen LogP contribution is -1.98. The number of fused-ring (bicyclic) bond motifs is 1. The lowest BCUT2D eigenvalue weighted by molar-refractivity contribution is -0.384. The van der Waals surface area contributed by atoms with E-state index in [4.69, 9.17) is 0 Å². The van der Waals surface area contributed by atoms with Crippen LogP contribution < -0.4 is 5.32 Å². The zero-order chi connectivity index (χ0) is 16.4. The van der Waals surface area contributed by atoms with Gasteiger partial charge in [-0.25, -0.2) is 4.39 Å². The second-order valence-electron chi connectivity index (χ2n) is 4.75. The Balaban J connectivity index is 2.21. The van der Waals surface area contributed by atoms with Gasteiger partial charge in [0.05, 0.1) is 21.7 Å². The number of nitro benzene ring substituents is 1. The lowest BCUT2D eigenvalue weighted by Gasteiger charge is -2.11. The van der Waals surface area contributed by atoms with Crippen molar-refractivity contribution in [2.24, 2.45) is 0 Å². The maximum Gasteiger partial charge on any atom is 0.270 e. The average Bonchev–Trinajstić information content (AvgIpc) is 2.54. The fraction of sp³-hybridized carbons (Fsp3) is 0. The molecule has 3 rings (SSSR count). The van der Waals surface area contributed by atoms with E-state index in [1.807, 2.05) is 6.07 Å². The number of nitriles is 1. The molecule has 0 unspecified atom stereocenters. The van der Waals surface area contributed by atoms with Crippen molar-refractivity contribution in [3.63, 3.8) is 0 Å². The third kappa shape index (κ3) is 2.78. The van der Waals surface area contributed by atoms with Gasteiger partial charge in [-0.05, 0) is 24.3 Å². The molecule has 2 aromatic carbocycles. The van der Waals surface area contributed by atoms with Crippen molar-refractivity contribution in [3.8, 4) is 6.07 Å². The van der Waals surface area contributed by atoms with Crippen LogP contribution in [0.1, 0.15) is 5.56 Å². The fourth-order valence-corrected chi connectivity index (χ4v) is 2.22. The molecule has 0 saturated carbocycles. The molecule has 0 aliphatic rings. The number of hydrogen-bond acceptors (Lipinski definition) is 5. The molecule has 6 nitrogen and oxygen atoms in total. The number of anilines is 2. The number of pyridine rings is 1. The van der Waals surface area contributed by atoms with Crippen LogP contribution in [0.5, 0.6) is 0 Å². The molecule has 0 fully saturated rings. The molecule has 3 aromatic rings. The van der Waals surface area contributed by atoms with E-state index in [-0.39, 0.29) is 11.3 Å². The van der Waals surface area contributed by atoms with Crippen molar-refractivity contribution in [3.05, 3.63) is 70.2 Å². The zero-order valence-electron chi connectivity index (χ0n) is 11.7. The molecule has 0 bridgehead atoms. The van der Waals surface area contributed by atoms with Crippen LogP contribution in [0.25, 0.3) is 10.9 Å². The molecule has 0 radical (unpaired) electrons. The van der Waals surface area contributed by atoms with E-state index in [0.717, 1.165) is 0 Å². The monoisotopic (exact) mass is 308 g/mol. The van der Waals surface area contributed by atoms with E-state index in [1.54, 1.807) is 6.07 Å². The van der Waals surface area contributed by atoms with Crippen LogP contribution in [0.2, 0.25) is 0 Å². The van der Waals surface area contributed by atoms with Crippen LogP contribution >= 0.6 is 0 Å². The van der Waals surface area contributed by atoms with Crippen molar-refractivity contribution in [2.75, 3.05) is 5.32 Å². The third-order valence-corrected chi connectivity index (χ3v) is 3.28. The van der Waals surface area contributed by atoms with Crippen LogP contribution in [0, 0.1) is 27.3 Å². The number of aromatic nitrogens is 1. The SMILES string of the molecule is N#Cc1cnc2ccc([N+](=O)[O-])cc2c1Nc1cccc(F)c1. The highest BCUT2D eigenvalue weighted by Gasteiger charge is 2.14. The molecule has 23 heavy (non-hydrogen) atoms. The number of hydrogen-bond donors (Lipinski definition) is 1. The van der Waals surface area contributed by atoms with Gasteiger partial charge in [-0.1, -0.05) is 6.07 Å². The van der Waals surface area contributed by atoms with Crippen LogP contribution in [0.15, 0.2) is 48.7 Å². The van der Waals surface area contributed by atoms with Gasteiger partial charge < -0.3 is 5.32 Å². The minimum Gasteiger partial charge on any atom is -0.354 e. The molecule has 7 heteroatoms. The first-order chi connectivity index (χ1) is 11.1. The van der Waals surface area contributed by atoms with Crippen molar-refractivity contribution < 1.29 is 9.31 Å². The van der Waals surface area contributed by atoms with Gasteiger partial charge in [-0.15, -0.1) is 0 Å². The van der Waals surface area contributed by atoms with Gasteiger partial charge in [0.1, 0.15) is 11.9 Å². The molecule has 0 aliphatic heterocycles. The molecule has 1 N–H and O–H groups in total. The van der Waals surface area contributed by atoms with Crippen LogP contribution in [-0.4, -0.2) is 9.91 Å². The molecule has 0 atom stereocenters. The summed E-state index contributed by atoms with van der Waals surface area (Å²) in [4.78, 5) is 14.6. The molecule has 0 spiro atoms. The van der Waals surface area contributed by atoms with Crippen LogP contribution in [0.3, 0.4) is 0 Å². The standard InChI is InChI=1S/C16H9FN4O2/c17-11-2-1-3-12(6-11)20-16-10(8-18)9-19-15-5-4-13(21(22)23)7-14(15)16/h1-7,9H,(H,19,20). The first kappa shape index (κ1) is 14.4. The van der Waals surface area contributed by atoms with Crippen LogP contribution in [0.4, 0.5) is 21.5 Å². The number of rotatable bonds is 3. The minimum atomic E-state index is -0.523. The number of halogens is 1. The lowest BCUT2D eigenvalue weighted by atomic mass is 10.1. The summed E-state index contributed by atoms with van der Waals surface area (Å²) in [7, 11) is 0. The second-order valence-corrected chi connectivity index (χ2v) is 4.75. The smallest absolute Gasteiger partial charge is 0.270 e. The van der Waals surface area contributed by atoms with E-state index in [0.29, 0.717) is 22.3 Å². The molecular formula is C16H9FN4O2. The van der Waals surface area contributed by atoms with E-state index in [9.17, 15) is 19.8 Å². The summed E-state index contributed by atoms with van der Waals surface area (Å²) in [6.45, 7) is 0. The number of benzene rings is 2. The highest BCUT2D eigenvalue weighted by Crippen LogP contribution is 2.31. The maximum atomic E-state index is 13.3. The molecule has 0 saturated heterocycles. The van der Waals surface area contributed by atoms with Gasteiger partial charge in [0, 0.05) is 29.4 Å². The highest BCUT2D eigenvalue weighted by atomic mass is 19.1. The zero-order valence-corrected chi connectivity index (χ0v) is 11.7. The quantitative estimate of drug-likeness (QED) is 0.585. The summed E-state index contributed by atoms with van der Waals surface area (Å²) in [5.74, 6) is -0.433. The average molecular weight is 308 g/mol. The van der Waals surface area contributed by atoms with Crippen molar-refractivity contribution in [2.45, 2.75) is 0 Å². The maximum absolute atomic E-state index is 13.3. The van der Waals surface area contributed by atoms with Gasteiger partial charge in [0.2, 0.25) is 0 Å². The molecule has 1 heterocycles. The molecule has 1 aromatic heterocycles. The second kappa shape index (κ2) is 5.69. The molecule has 0 amide bonds. The van der Waals surface area contributed by atoms with E-state index in [2.05, 4.69) is 10.3 Å². The van der Waals surface area contributed by atoms with Gasteiger partial charge in [0.15, 0.2) is 0 Å². The third-order valence-electron chi connectivity index (χ3n) is 3.28. The summed E-state index contributed by atoms with van der Waals surface area (Å²) in [6.07, 6.45) is 1.37. The highest BCUT2D eigenvalue weighted by molar-refractivity contribution is 5.96. The summed E-state index contributed by atoms with van der Waals surface area (Å²) in [6, 6.07) is 11.9. The largest absolute Gasteiger partial charge is 0.354 e. The summed E-state index contributed by atoms with van der Waals surface area (Å²) >= 11 is 0. The predicted molar refractivity (Wildman–Crippen MR) is 82.8 cm³/mol. The van der Waals surface area contributed by atoms with Crippen LogP contribution in [-0.2, 0) is 0 Å². The van der Waals surface area contributed by atoms with E-state index in [1.165, 1.54) is 42.6 Å². The van der Waals surface area contributed by atoms with Gasteiger partial charge in [0.25, 0.3) is 5.69 Å². The minimum absolute atomic E-state index is 0.114. The Bertz CT molecular complexity index is 966. The van der Waals surface area contributed by atoms with Gasteiger partial charge in [-0.3, -0.25) is 15.1 Å². The topological polar surface area (TPSA) is 91.8 Å². The Morgan fingerprint density at radius 1 is 1.26 bits per heavy atom. The van der Waals surface area contributed by atoms with E-state index < -0.39 is 10.7 Å². The Morgan fingerprint density at radius 3 is 2.78 bits per heavy atom. The van der Waals surface area contributed by atoms with Gasteiger partial charge in [-0.2, -0.15) is 5.26 Å². The molecule has 112 valence electrons. The summed E-state index contributed by atoms with van der Waals surface area (Å²) in [5, 5.41) is 23.6. The Kier molecular flexibility index (Phi) is 3.57. The summed E-state index contributed by atoms with van der Waals surface area (Å²) < 4.78 is 13.3. The normalized spacial score (nSPS) is 10.3. The van der Waals surface area contributed by atoms with Crippen molar-refractivity contribution in [1.82, 2.24) is 4.98 Å². The number of nitrogens with one attached hydrogen (secondary N) is 1. The number of nitrogens with zero attached hydrogens (tertiary/aromatic N) is 3. The van der Waals surface area contributed by atoms with Gasteiger partial charge >= 0.3 is 0 Å². The number of non-ortho nitro benzene ring substituents is 1. The first-order valence-electron chi connectivity index (χ1n) is 6.58. The Morgan fingerprint density at radius 2 is 2.09 bits per heavy atom. The fourth-order valence-electron chi connectivity index (χ4n) is 2.22. The predicted octanol–water partition coefficient (Wildman–Crippen LogP) is 3.90. The molecule has 0 aliphatic carbocycles. The molecular weight excluding hydrogens is 299 g/mol. The Labute approximate surface area is 130 Å².